The lowest BCUT2D eigenvalue weighted by Gasteiger charge is -2.15. The molecule has 1 N–H and O–H groups in total. The summed E-state index contributed by atoms with van der Waals surface area (Å²) in [7, 11) is 1.26. The van der Waals surface area contributed by atoms with E-state index < -0.39 is 17.6 Å². The largest absolute Gasteiger partial charge is 0.469 e. The molecule has 0 aliphatic rings. The summed E-state index contributed by atoms with van der Waals surface area (Å²) in [6, 6.07) is 1.34. The summed E-state index contributed by atoms with van der Waals surface area (Å²) < 4.78 is 30.6. The number of rotatable bonds is 4. The fourth-order valence-electron chi connectivity index (χ4n) is 1.31. The van der Waals surface area contributed by atoms with Crippen LogP contribution in [0.5, 0.6) is 0 Å². The van der Waals surface area contributed by atoms with E-state index in [0.717, 1.165) is 12.1 Å². The minimum Gasteiger partial charge on any atom is -0.469 e. The number of hydrogen-bond acceptors (Lipinski definition) is 3. The monoisotopic (exact) mass is 263 g/mol. The molecule has 1 unspecified atom stereocenters. The van der Waals surface area contributed by atoms with Gasteiger partial charge in [0, 0.05) is 12.1 Å². The second-order valence-electron chi connectivity index (χ2n) is 3.57. The molecule has 17 heavy (non-hydrogen) atoms. The van der Waals surface area contributed by atoms with Crippen molar-refractivity contribution in [2.75, 3.05) is 12.4 Å². The smallest absolute Gasteiger partial charge is 0.307 e. The first-order valence-electron chi connectivity index (χ1n) is 4.92. The van der Waals surface area contributed by atoms with Gasteiger partial charge < -0.3 is 10.1 Å². The maximum Gasteiger partial charge on any atom is 0.307 e. The van der Waals surface area contributed by atoms with Gasteiger partial charge in [0.05, 0.1) is 24.2 Å². The highest BCUT2D eigenvalue weighted by atomic mass is 35.5. The van der Waals surface area contributed by atoms with Crippen molar-refractivity contribution >= 4 is 23.3 Å². The highest BCUT2D eigenvalue weighted by Gasteiger charge is 2.14. The van der Waals surface area contributed by atoms with Crippen molar-refractivity contribution in [1.29, 1.82) is 0 Å². The summed E-state index contributed by atoms with van der Waals surface area (Å²) in [6.45, 7) is 1.66. The highest BCUT2D eigenvalue weighted by Crippen LogP contribution is 2.27. The van der Waals surface area contributed by atoms with E-state index in [9.17, 15) is 13.6 Å². The minimum absolute atomic E-state index is 0.0236. The molecule has 1 aromatic carbocycles. The van der Waals surface area contributed by atoms with Crippen LogP contribution < -0.4 is 5.32 Å². The predicted octanol–water partition coefficient (Wildman–Crippen LogP) is 2.98. The average molecular weight is 264 g/mol. The molecule has 0 saturated heterocycles. The Balaban J connectivity index is 2.78. The van der Waals surface area contributed by atoms with E-state index in [1.807, 2.05) is 0 Å². The number of ether oxygens (including phenoxy) is 1. The Labute approximate surface area is 103 Å². The van der Waals surface area contributed by atoms with Gasteiger partial charge in [0.1, 0.15) is 5.82 Å². The fourth-order valence-corrected chi connectivity index (χ4v) is 1.56. The Morgan fingerprint density at radius 3 is 2.71 bits per heavy atom. The zero-order valence-electron chi connectivity index (χ0n) is 9.39. The number of anilines is 1. The summed E-state index contributed by atoms with van der Waals surface area (Å²) in [6.07, 6.45) is 0.0592. The molecule has 0 aliphatic carbocycles. The molecule has 0 radical (unpaired) electrons. The molecule has 1 rings (SSSR count). The van der Waals surface area contributed by atoms with E-state index in [2.05, 4.69) is 10.1 Å². The molecule has 3 nitrogen and oxygen atoms in total. The number of benzene rings is 1. The van der Waals surface area contributed by atoms with E-state index in [-0.39, 0.29) is 23.2 Å². The summed E-state index contributed by atoms with van der Waals surface area (Å²) in [5, 5.41) is 2.63. The third kappa shape index (κ3) is 3.85. The number of hydrogen-bond donors (Lipinski definition) is 1. The molecular weight excluding hydrogens is 252 g/mol. The molecule has 0 bridgehead atoms. The Bertz CT molecular complexity index is 403. The normalized spacial score (nSPS) is 12.1. The molecule has 0 saturated carbocycles. The van der Waals surface area contributed by atoms with E-state index in [0.29, 0.717) is 0 Å². The van der Waals surface area contributed by atoms with Gasteiger partial charge in [-0.05, 0) is 13.0 Å². The van der Waals surface area contributed by atoms with Crippen molar-refractivity contribution in [2.24, 2.45) is 0 Å². The lowest BCUT2D eigenvalue weighted by molar-refractivity contribution is -0.140. The van der Waals surface area contributed by atoms with Gasteiger partial charge in [-0.1, -0.05) is 11.6 Å². The van der Waals surface area contributed by atoms with Crippen molar-refractivity contribution in [2.45, 2.75) is 19.4 Å². The average Bonchev–Trinajstić information content (AvgIpc) is 2.23. The van der Waals surface area contributed by atoms with Gasteiger partial charge in [0.15, 0.2) is 5.82 Å². The zero-order valence-corrected chi connectivity index (χ0v) is 10.1. The van der Waals surface area contributed by atoms with Crippen molar-refractivity contribution in [3.8, 4) is 0 Å². The number of esters is 1. The molecule has 0 amide bonds. The Kier molecular flexibility index (Phi) is 4.69. The number of halogens is 3. The quantitative estimate of drug-likeness (QED) is 0.849. The van der Waals surface area contributed by atoms with E-state index >= 15 is 0 Å². The van der Waals surface area contributed by atoms with Crippen LogP contribution in [-0.2, 0) is 9.53 Å². The van der Waals surface area contributed by atoms with Gasteiger partial charge in [0.2, 0.25) is 0 Å². The van der Waals surface area contributed by atoms with Crippen LogP contribution in [0.15, 0.2) is 12.1 Å². The van der Waals surface area contributed by atoms with Crippen LogP contribution in [-0.4, -0.2) is 19.1 Å². The maximum atomic E-state index is 13.4. The lowest BCUT2D eigenvalue weighted by atomic mass is 10.2. The molecule has 0 fully saturated rings. The molecule has 0 aliphatic heterocycles. The third-order valence-electron chi connectivity index (χ3n) is 2.10. The molecule has 94 valence electrons. The van der Waals surface area contributed by atoms with Crippen LogP contribution in [0.2, 0.25) is 5.02 Å². The van der Waals surface area contributed by atoms with Crippen LogP contribution in [0.3, 0.4) is 0 Å². The van der Waals surface area contributed by atoms with Gasteiger partial charge in [0.25, 0.3) is 0 Å². The summed E-state index contributed by atoms with van der Waals surface area (Å²) in [5.74, 6) is -1.98. The van der Waals surface area contributed by atoms with Crippen LogP contribution in [0.25, 0.3) is 0 Å². The Hall–Kier alpha value is -1.36. The summed E-state index contributed by atoms with van der Waals surface area (Å²) in [4.78, 5) is 11.0. The van der Waals surface area contributed by atoms with Crippen LogP contribution in [0, 0.1) is 11.6 Å². The first kappa shape index (κ1) is 13.7. The first-order chi connectivity index (χ1) is 7.93. The van der Waals surface area contributed by atoms with Crippen LogP contribution >= 0.6 is 11.6 Å². The predicted molar refractivity (Wildman–Crippen MR) is 61.1 cm³/mol. The maximum absolute atomic E-state index is 13.4. The first-order valence-corrected chi connectivity index (χ1v) is 5.29. The van der Waals surface area contributed by atoms with Crippen molar-refractivity contribution in [1.82, 2.24) is 0 Å². The molecule has 1 atom stereocenters. The summed E-state index contributed by atoms with van der Waals surface area (Å²) in [5.41, 5.74) is -0.0236. The van der Waals surface area contributed by atoms with Crippen molar-refractivity contribution in [3.63, 3.8) is 0 Å². The zero-order chi connectivity index (χ0) is 13.0. The van der Waals surface area contributed by atoms with Gasteiger partial charge >= 0.3 is 5.97 Å². The van der Waals surface area contributed by atoms with Gasteiger partial charge in [-0.3, -0.25) is 4.79 Å². The van der Waals surface area contributed by atoms with Crippen LogP contribution in [0.4, 0.5) is 14.5 Å². The number of carbonyl (C=O) groups is 1. The van der Waals surface area contributed by atoms with Crippen molar-refractivity contribution in [3.05, 3.63) is 28.8 Å². The molecule has 0 heterocycles. The Morgan fingerprint density at radius 1 is 1.53 bits per heavy atom. The van der Waals surface area contributed by atoms with E-state index in [1.165, 1.54) is 7.11 Å². The minimum atomic E-state index is -0.799. The molecule has 1 aromatic rings. The SMILES string of the molecule is COC(=O)CC(C)Nc1c(F)cc(F)cc1Cl. The number of methoxy groups -OCH3 is 1. The van der Waals surface area contributed by atoms with Crippen LogP contribution in [0.1, 0.15) is 13.3 Å². The van der Waals surface area contributed by atoms with Gasteiger partial charge in [-0.2, -0.15) is 0 Å². The fraction of sp³-hybridized carbons (Fsp3) is 0.364. The number of carbonyl (C=O) groups excluding carboxylic acids is 1. The second-order valence-corrected chi connectivity index (χ2v) is 3.98. The lowest BCUT2D eigenvalue weighted by Crippen LogP contribution is -2.21. The van der Waals surface area contributed by atoms with Gasteiger partial charge in [-0.25, -0.2) is 8.78 Å². The van der Waals surface area contributed by atoms with Crippen molar-refractivity contribution < 1.29 is 18.3 Å². The topological polar surface area (TPSA) is 38.3 Å². The molecule has 6 heteroatoms. The van der Waals surface area contributed by atoms with E-state index in [1.54, 1.807) is 6.92 Å². The number of nitrogens with one attached hydrogen (secondary N) is 1. The highest BCUT2D eigenvalue weighted by molar-refractivity contribution is 6.33. The van der Waals surface area contributed by atoms with Gasteiger partial charge in [-0.15, -0.1) is 0 Å². The Morgan fingerprint density at radius 2 is 2.18 bits per heavy atom. The second kappa shape index (κ2) is 5.82. The summed E-state index contributed by atoms with van der Waals surface area (Å²) >= 11 is 5.69. The molecule has 0 spiro atoms. The van der Waals surface area contributed by atoms with E-state index in [4.69, 9.17) is 11.6 Å². The standard InChI is InChI=1S/C11H12ClF2NO2/c1-6(3-10(16)17-2)15-11-8(12)4-7(13)5-9(11)14/h4-6,15H,3H2,1-2H3. The molecule has 0 aromatic heterocycles. The molecular formula is C11H12ClF2NO2. The third-order valence-corrected chi connectivity index (χ3v) is 2.40.